The maximum atomic E-state index is 13.1. The Balaban J connectivity index is 1.74. The zero-order chi connectivity index (χ0) is 19.1. The number of rotatable bonds is 7. The normalized spacial score (nSPS) is 11.6. The number of hydrogen-bond acceptors (Lipinski definition) is 3. The second kappa shape index (κ2) is 8.96. The molecule has 1 atom stereocenters. The number of benzene rings is 3. The number of methoxy groups -OCH3 is 1. The second-order valence-corrected chi connectivity index (χ2v) is 6.07. The minimum Gasteiger partial charge on any atom is -0.497 e. The number of nitrogens with one attached hydrogen (secondary N) is 2. The molecule has 27 heavy (non-hydrogen) atoms. The number of carbonyl (C=O) groups excluding carboxylic acids is 1. The van der Waals surface area contributed by atoms with E-state index in [4.69, 9.17) is 4.74 Å². The molecule has 0 aliphatic rings. The number of anilines is 1. The third-order valence-electron chi connectivity index (χ3n) is 4.18. The van der Waals surface area contributed by atoms with Gasteiger partial charge in [0.05, 0.1) is 7.11 Å². The van der Waals surface area contributed by atoms with Gasteiger partial charge in [0.2, 0.25) is 5.91 Å². The Kier molecular flexibility index (Phi) is 6.18. The maximum absolute atomic E-state index is 13.1. The largest absolute Gasteiger partial charge is 0.497 e. The molecule has 0 fully saturated rings. The molecule has 4 nitrogen and oxygen atoms in total. The summed E-state index contributed by atoms with van der Waals surface area (Å²) in [6.07, 6.45) is 0. The van der Waals surface area contributed by atoms with Crippen LogP contribution in [0.25, 0.3) is 0 Å². The van der Waals surface area contributed by atoms with Gasteiger partial charge < -0.3 is 10.1 Å². The standard InChI is InChI=1S/C22H21FN2O2/c1-27-20-13-7-16(8-14-20)15-24-21(17-5-3-2-4-6-17)22(26)25-19-11-9-18(23)10-12-19/h2-14,21,24H,15H2,1H3,(H,25,26)/t21-/m0/s1. The topological polar surface area (TPSA) is 50.4 Å². The van der Waals surface area contributed by atoms with Crippen molar-refractivity contribution >= 4 is 11.6 Å². The third kappa shape index (κ3) is 5.15. The lowest BCUT2D eigenvalue weighted by Gasteiger charge is -2.19. The highest BCUT2D eigenvalue weighted by Gasteiger charge is 2.20. The van der Waals surface area contributed by atoms with Crippen LogP contribution < -0.4 is 15.4 Å². The average molecular weight is 364 g/mol. The van der Waals surface area contributed by atoms with Gasteiger partial charge in [-0.15, -0.1) is 0 Å². The van der Waals surface area contributed by atoms with Crippen molar-refractivity contribution in [3.8, 4) is 5.75 Å². The molecule has 3 aromatic carbocycles. The first kappa shape index (κ1) is 18.6. The lowest BCUT2D eigenvalue weighted by molar-refractivity contribution is -0.118. The van der Waals surface area contributed by atoms with Crippen molar-refractivity contribution in [2.75, 3.05) is 12.4 Å². The fourth-order valence-electron chi connectivity index (χ4n) is 2.72. The summed E-state index contributed by atoms with van der Waals surface area (Å²) >= 11 is 0. The van der Waals surface area contributed by atoms with Crippen LogP contribution in [-0.4, -0.2) is 13.0 Å². The van der Waals surface area contributed by atoms with Gasteiger partial charge in [-0.2, -0.15) is 0 Å². The fraction of sp³-hybridized carbons (Fsp3) is 0.136. The van der Waals surface area contributed by atoms with Crippen LogP contribution in [0.2, 0.25) is 0 Å². The van der Waals surface area contributed by atoms with Crippen molar-refractivity contribution < 1.29 is 13.9 Å². The van der Waals surface area contributed by atoms with E-state index in [0.717, 1.165) is 16.9 Å². The molecule has 3 aromatic rings. The van der Waals surface area contributed by atoms with Gasteiger partial charge in [-0.05, 0) is 47.5 Å². The van der Waals surface area contributed by atoms with E-state index in [9.17, 15) is 9.18 Å². The molecule has 0 saturated heterocycles. The number of carbonyl (C=O) groups is 1. The van der Waals surface area contributed by atoms with E-state index >= 15 is 0 Å². The molecular formula is C22H21FN2O2. The summed E-state index contributed by atoms with van der Waals surface area (Å²) in [5, 5.41) is 6.13. The highest BCUT2D eigenvalue weighted by molar-refractivity contribution is 5.95. The van der Waals surface area contributed by atoms with Gasteiger partial charge in [-0.3, -0.25) is 10.1 Å². The van der Waals surface area contributed by atoms with Crippen molar-refractivity contribution in [1.29, 1.82) is 0 Å². The van der Waals surface area contributed by atoms with Gasteiger partial charge in [0.15, 0.2) is 0 Å². The van der Waals surface area contributed by atoms with Crippen molar-refractivity contribution in [2.24, 2.45) is 0 Å². The van der Waals surface area contributed by atoms with E-state index < -0.39 is 6.04 Å². The maximum Gasteiger partial charge on any atom is 0.246 e. The molecule has 0 heterocycles. The van der Waals surface area contributed by atoms with Gasteiger partial charge in [0.1, 0.15) is 17.6 Å². The molecule has 1 amide bonds. The summed E-state index contributed by atoms with van der Waals surface area (Å²) in [5.74, 6) is 0.235. The van der Waals surface area contributed by atoms with Crippen LogP contribution in [0.3, 0.4) is 0 Å². The Hall–Kier alpha value is -3.18. The highest BCUT2D eigenvalue weighted by atomic mass is 19.1. The van der Waals surface area contributed by atoms with Crippen LogP contribution in [-0.2, 0) is 11.3 Å². The van der Waals surface area contributed by atoms with Crippen molar-refractivity contribution in [1.82, 2.24) is 5.32 Å². The van der Waals surface area contributed by atoms with Crippen LogP contribution in [0.5, 0.6) is 5.75 Å². The van der Waals surface area contributed by atoms with Gasteiger partial charge >= 0.3 is 0 Å². The SMILES string of the molecule is COc1ccc(CN[C@H](C(=O)Nc2ccc(F)cc2)c2ccccc2)cc1. The summed E-state index contributed by atoms with van der Waals surface area (Å²) in [5.41, 5.74) is 2.44. The molecule has 5 heteroatoms. The molecular weight excluding hydrogens is 343 g/mol. The van der Waals surface area contributed by atoms with E-state index in [1.54, 1.807) is 19.2 Å². The Bertz CT molecular complexity index is 865. The summed E-state index contributed by atoms with van der Waals surface area (Å²) in [6, 6.07) is 22.3. The van der Waals surface area contributed by atoms with Crippen molar-refractivity contribution in [2.45, 2.75) is 12.6 Å². The predicted molar refractivity (Wildman–Crippen MR) is 104 cm³/mol. The zero-order valence-corrected chi connectivity index (χ0v) is 15.0. The molecule has 0 bridgehead atoms. The number of amides is 1. The first-order valence-electron chi connectivity index (χ1n) is 8.63. The van der Waals surface area contributed by atoms with Gasteiger partial charge in [0.25, 0.3) is 0 Å². The molecule has 2 N–H and O–H groups in total. The van der Waals surface area contributed by atoms with Crippen LogP contribution in [0.1, 0.15) is 17.2 Å². The predicted octanol–water partition coefficient (Wildman–Crippen LogP) is 4.30. The molecule has 0 spiro atoms. The molecule has 0 unspecified atom stereocenters. The number of halogens is 1. The number of ether oxygens (including phenoxy) is 1. The van der Waals surface area contributed by atoms with Crippen molar-refractivity contribution in [3.05, 3.63) is 95.8 Å². The smallest absolute Gasteiger partial charge is 0.246 e. The van der Waals surface area contributed by atoms with Crippen LogP contribution in [0, 0.1) is 5.82 Å². The first-order chi connectivity index (χ1) is 13.2. The molecule has 0 radical (unpaired) electrons. The molecule has 0 aliphatic heterocycles. The van der Waals surface area contributed by atoms with E-state index in [1.807, 2.05) is 54.6 Å². The summed E-state index contributed by atoms with van der Waals surface area (Å²) in [4.78, 5) is 12.8. The average Bonchev–Trinajstić information content (AvgIpc) is 2.71. The van der Waals surface area contributed by atoms with Crippen molar-refractivity contribution in [3.63, 3.8) is 0 Å². The zero-order valence-electron chi connectivity index (χ0n) is 15.0. The molecule has 0 saturated carbocycles. The van der Waals surface area contributed by atoms with E-state index in [-0.39, 0.29) is 11.7 Å². The summed E-state index contributed by atoms with van der Waals surface area (Å²) in [6.45, 7) is 0.514. The van der Waals surface area contributed by atoms with E-state index in [2.05, 4.69) is 10.6 Å². The van der Waals surface area contributed by atoms with Crippen LogP contribution in [0.15, 0.2) is 78.9 Å². The Morgan fingerprint density at radius 3 is 2.26 bits per heavy atom. The monoisotopic (exact) mass is 364 g/mol. The van der Waals surface area contributed by atoms with E-state index in [1.165, 1.54) is 12.1 Å². The quantitative estimate of drug-likeness (QED) is 0.657. The summed E-state index contributed by atoms with van der Waals surface area (Å²) < 4.78 is 18.2. The Labute approximate surface area is 158 Å². The lowest BCUT2D eigenvalue weighted by atomic mass is 10.1. The third-order valence-corrected chi connectivity index (χ3v) is 4.18. The minimum atomic E-state index is -0.543. The molecule has 3 rings (SSSR count). The fourth-order valence-corrected chi connectivity index (χ4v) is 2.72. The van der Waals surface area contributed by atoms with Crippen LogP contribution >= 0.6 is 0 Å². The van der Waals surface area contributed by atoms with Gasteiger partial charge in [-0.1, -0.05) is 42.5 Å². The van der Waals surface area contributed by atoms with E-state index in [0.29, 0.717) is 12.2 Å². The first-order valence-corrected chi connectivity index (χ1v) is 8.63. The minimum absolute atomic E-state index is 0.207. The van der Waals surface area contributed by atoms with Gasteiger partial charge in [0, 0.05) is 12.2 Å². The summed E-state index contributed by atoms with van der Waals surface area (Å²) in [7, 11) is 1.62. The molecule has 138 valence electrons. The lowest BCUT2D eigenvalue weighted by Crippen LogP contribution is -2.32. The number of hydrogen-bond donors (Lipinski definition) is 2. The molecule has 0 aliphatic carbocycles. The Morgan fingerprint density at radius 2 is 1.63 bits per heavy atom. The second-order valence-electron chi connectivity index (χ2n) is 6.07. The Morgan fingerprint density at radius 1 is 0.963 bits per heavy atom. The highest BCUT2D eigenvalue weighted by Crippen LogP contribution is 2.18. The van der Waals surface area contributed by atoms with Crippen LogP contribution in [0.4, 0.5) is 10.1 Å². The molecule has 0 aromatic heterocycles. The van der Waals surface area contributed by atoms with Gasteiger partial charge in [-0.25, -0.2) is 4.39 Å².